The smallest absolute Gasteiger partial charge is 0.255 e. The van der Waals surface area contributed by atoms with E-state index in [0.29, 0.717) is 65.5 Å². The fourth-order valence-corrected chi connectivity index (χ4v) is 4.62. The quantitative estimate of drug-likeness (QED) is 0.506. The van der Waals surface area contributed by atoms with E-state index in [4.69, 9.17) is 25.8 Å². The lowest BCUT2D eigenvalue weighted by molar-refractivity contribution is -0.0928. The molecule has 9 nitrogen and oxygen atoms in total. The standard InChI is InChI=1S/C23H24ClN5O4/c1-31-22-15(24)3-2-4-17(22)28-21-18-19(29-20(21)16-5-6-25-12-27-16)13(10-26-23(18)30)9-14-11-32-7-8-33-14/h2-6,12-14,28-29H,7-11H2,1H3,(H,26,30)/t13-,14+/m1/s1. The molecule has 1 aromatic carbocycles. The molecular formula is C23H24ClN5O4. The lowest BCUT2D eigenvalue weighted by Gasteiger charge is -2.29. The molecule has 172 valence electrons. The average Bonchev–Trinajstić information content (AvgIpc) is 3.23. The number of aromatic nitrogens is 3. The Balaban J connectivity index is 1.60. The highest BCUT2D eigenvalue weighted by Crippen LogP contribution is 2.42. The molecule has 0 saturated carbocycles. The molecule has 4 heterocycles. The lowest BCUT2D eigenvalue weighted by Crippen LogP contribution is -2.38. The number of anilines is 2. The Hall–Kier alpha value is -3.14. The van der Waals surface area contributed by atoms with E-state index in [2.05, 4.69) is 25.6 Å². The van der Waals surface area contributed by atoms with Crippen molar-refractivity contribution in [2.45, 2.75) is 18.4 Å². The number of rotatable bonds is 6. The number of benzene rings is 1. The molecule has 10 heteroatoms. The number of nitrogens with zero attached hydrogens (tertiary/aromatic N) is 2. The molecule has 0 bridgehead atoms. The Kier molecular flexibility index (Phi) is 6.17. The van der Waals surface area contributed by atoms with Gasteiger partial charge in [-0.15, -0.1) is 0 Å². The van der Waals surface area contributed by atoms with E-state index in [9.17, 15) is 4.79 Å². The number of nitrogens with one attached hydrogen (secondary N) is 3. The van der Waals surface area contributed by atoms with Gasteiger partial charge in [-0.05, 0) is 24.6 Å². The molecule has 1 amide bonds. The Labute approximate surface area is 195 Å². The number of methoxy groups -OCH3 is 1. The number of fused-ring (bicyclic) bond motifs is 1. The first kappa shape index (κ1) is 21.7. The first-order valence-electron chi connectivity index (χ1n) is 10.7. The van der Waals surface area contributed by atoms with E-state index >= 15 is 0 Å². The van der Waals surface area contributed by atoms with Gasteiger partial charge in [-0.1, -0.05) is 17.7 Å². The lowest BCUT2D eigenvalue weighted by atomic mass is 9.91. The highest BCUT2D eigenvalue weighted by molar-refractivity contribution is 6.32. The molecule has 2 aromatic heterocycles. The number of para-hydroxylation sites is 1. The summed E-state index contributed by atoms with van der Waals surface area (Å²) < 4.78 is 16.9. The number of hydrogen-bond donors (Lipinski definition) is 3. The van der Waals surface area contributed by atoms with Crippen LogP contribution in [0.2, 0.25) is 5.02 Å². The summed E-state index contributed by atoms with van der Waals surface area (Å²) in [4.78, 5) is 25.0. The number of hydrogen-bond acceptors (Lipinski definition) is 7. The maximum absolute atomic E-state index is 13.1. The van der Waals surface area contributed by atoms with Crippen molar-refractivity contribution in [3.8, 4) is 17.1 Å². The zero-order chi connectivity index (χ0) is 22.8. The van der Waals surface area contributed by atoms with E-state index < -0.39 is 0 Å². The van der Waals surface area contributed by atoms with Crippen molar-refractivity contribution in [2.75, 3.05) is 38.8 Å². The summed E-state index contributed by atoms with van der Waals surface area (Å²) in [6.07, 6.45) is 3.83. The fraction of sp³-hybridized carbons (Fsp3) is 0.348. The number of halogens is 1. The predicted molar refractivity (Wildman–Crippen MR) is 123 cm³/mol. The molecule has 1 saturated heterocycles. The van der Waals surface area contributed by atoms with Crippen LogP contribution < -0.4 is 15.4 Å². The highest BCUT2D eigenvalue weighted by Gasteiger charge is 2.35. The molecule has 5 rings (SSSR count). The molecule has 1 fully saturated rings. The largest absolute Gasteiger partial charge is 0.493 e. The first-order chi connectivity index (χ1) is 16.2. The Bertz CT molecular complexity index is 1150. The van der Waals surface area contributed by atoms with E-state index in [1.807, 2.05) is 12.1 Å². The molecule has 2 atom stereocenters. The Morgan fingerprint density at radius 2 is 2.21 bits per heavy atom. The maximum atomic E-state index is 13.1. The third-order valence-electron chi connectivity index (χ3n) is 5.87. The molecular weight excluding hydrogens is 446 g/mol. The van der Waals surface area contributed by atoms with Gasteiger partial charge in [0.25, 0.3) is 5.91 Å². The fourth-order valence-electron chi connectivity index (χ4n) is 4.36. The third kappa shape index (κ3) is 4.27. The van der Waals surface area contributed by atoms with Crippen molar-refractivity contribution in [2.24, 2.45) is 0 Å². The number of ether oxygens (including phenoxy) is 3. The van der Waals surface area contributed by atoms with Crippen LogP contribution in [0, 0.1) is 0 Å². The molecule has 2 aliphatic rings. The van der Waals surface area contributed by atoms with Crippen LogP contribution in [-0.4, -0.2) is 60.4 Å². The normalized spacial score (nSPS) is 20.1. The molecule has 0 radical (unpaired) electrons. The van der Waals surface area contributed by atoms with Crippen molar-refractivity contribution in [3.05, 3.63) is 53.1 Å². The van der Waals surface area contributed by atoms with E-state index in [1.54, 1.807) is 25.4 Å². The molecule has 0 spiro atoms. The topological polar surface area (TPSA) is 110 Å². The van der Waals surface area contributed by atoms with Crippen molar-refractivity contribution >= 4 is 28.9 Å². The summed E-state index contributed by atoms with van der Waals surface area (Å²) in [6.45, 7) is 2.24. The number of carbonyl (C=O) groups excluding carboxylic acids is 1. The van der Waals surface area contributed by atoms with Crippen LogP contribution in [0.5, 0.6) is 5.75 Å². The van der Waals surface area contributed by atoms with Gasteiger partial charge in [0, 0.05) is 24.4 Å². The second kappa shape index (κ2) is 9.38. The minimum atomic E-state index is -0.165. The minimum Gasteiger partial charge on any atom is -0.493 e. The van der Waals surface area contributed by atoms with Gasteiger partial charge in [0.2, 0.25) is 0 Å². The van der Waals surface area contributed by atoms with Crippen LogP contribution in [0.25, 0.3) is 11.4 Å². The Morgan fingerprint density at radius 3 is 2.97 bits per heavy atom. The Morgan fingerprint density at radius 1 is 1.30 bits per heavy atom. The van der Waals surface area contributed by atoms with Gasteiger partial charge in [0.05, 0.1) is 66.4 Å². The zero-order valence-corrected chi connectivity index (χ0v) is 18.8. The summed E-state index contributed by atoms with van der Waals surface area (Å²) in [5.41, 5.74) is 3.97. The monoisotopic (exact) mass is 469 g/mol. The number of carbonyl (C=O) groups is 1. The summed E-state index contributed by atoms with van der Waals surface area (Å²) in [6, 6.07) is 7.21. The van der Waals surface area contributed by atoms with Crippen molar-refractivity contribution in [1.82, 2.24) is 20.3 Å². The highest BCUT2D eigenvalue weighted by atomic mass is 35.5. The minimum absolute atomic E-state index is 0.0261. The molecule has 0 unspecified atom stereocenters. The predicted octanol–water partition coefficient (Wildman–Crippen LogP) is 3.51. The van der Waals surface area contributed by atoms with Gasteiger partial charge in [-0.2, -0.15) is 0 Å². The van der Waals surface area contributed by atoms with Gasteiger partial charge < -0.3 is 29.8 Å². The molecule has 2 aliphatic heterocycles. The first-order valence-corrected chi connectivity index (χ1v) is 11.1. The zero-order valence-electron chi connectivity index (χ0n) is 18.1. The van der Waals surface area contributed by atoms with Crippen molar-refractivity contribution < 1.29 is 19.0 Å². The van der Waals surface area contributed by atoms with Crippen LogP contribution in [0.4, 0.5) is 11.4 Å². The van der Waals surface area contributed by atoms with E-state index in [-0.39, 0.29) is 17.9 Å². The summed E-state index contributed by atoms with van der Waals surface area (Å²) >= 11 is 6.33. The van der Waals surface area contributed by atoms with Crippen LogP contribution in [0.1, 0.15) is 28.4 Å². The van der Waals surface area contributed by atoms with Crippen LogP contribution in [-0.2, 0) is 9.47 Å². The van der Waals surface area contributed by atoms with Gasteiger partial charge in [0.1, 0.15) is 6.33 Å². The summed E-state index contributed by atoms with van der Waals surface area (Å²) in [5.74, 6) is 0.354. The molecule has 0 aliphatic carbocycles. The average molecular weight is 470 g/mol. The second-order valence-electron chi connectivity index (χ2n) is 7.91. The van der Waals surface area contributed by atoms with Crippen LogP contribution in [0.3, 0.4) is 0 Å². The van der Waals surface area contributed by atoms with Gasteiger partial charge >= 0.3 is 0 Å². The van der Waals surface area contributed by atoms with Gasteiger partial charge in [-0.25, -0.2) is 9.97 Å². The number of amides is 1. The SMILES string of the molecule is COc1c(Cl)cccc1Nc1c(-c2ccncn2)[nH]c2c1C(=O)NC[C@H]2C[C@H]1COCCO1. The molecule has 33 heavy (non-hydrogen) atoms. The summed E-state index contributed by atoms with van der Waals surface area (Å²) in [5, 5.41) is 6.86. The van der Waals surface area contributed by atoms with E-state index in [1.165, 1.54) is 6.33 Å². The maximum Gasteiger partial charge on any atom is 0.255 e. The van der Waals surface area contributed by atoms with Crippen molar-refractivity contribution in [3.63, 3.8) is 0 Å². The number of H-pyrrole nitrogens is 1. The molecule has 3 aromatic rings. The van der Waals surface area contributed by atoms with E-state index in [0.717, 1.165) is 12.1 Å². The number of aromatic amines is 1. The van der Waals surface area contributed by atoms with Crippen LogP contribution in [0.15, 0.2) is 36.8 Å². The van der Waals surface area contributed by atoms with Crippen molar-refractivity contribution in [1.29, 1.82) is 0 Å². The summed E-state index contributed by atoms with van der Waals surface area (Å²) in [7, 11) is 1.55. The third-order valence-corrected chi connectivity index (χ3v) is 6.17. The van der Waals surface area contributed by atoms with Crippen LogP contribution >= 0.6 is 11.6 Å². The van der Waals surface area contributed by atoms with Gasteiger partial charge in [-0.3, -0.25) is 4.79 Å². The second-order valence-corrected chi connectivity index (χ2v) is 8.32. The molecule has 3 N–H and O–H groups in total. The van der Waals surface area contributed by atoms with Gasteiger partial charge in [0.15, 0.2) is 5.75 Å².